The Kier molecular flexibility index (Phi) is 4.59. The molecule has 112 valence electrons. The lowest BCUT2D eigenvalue weighted by Crippen LogP contribution is -2.48. The number of aliphatic carboxylic acids is 1. The van der Waals surface area contributed by atoms with Gasteiger partial charge in [0.1, 0.15) is 6.04 Å². The minimum atomic E-state index is -1.05. The number of amides is 1. The zero-order valence-electron chi connectivity index (χ0n) is 11.8. The van der Waals surface area contributed by atoms with Crippen LogP contribution in [-0.4, -0.2) is 34.1 Å². The maximum atomic E-state index is 12.0. The molecule has 0 bridgehead atoms. The van der Waals surface area contributed by atoms with Gasteiger partial charge in [0.15, 0.2) is 0 Å². The Balaban J connectivity index is 2.05. The second-order valence-electron chi connectivity index (χ2n) is 4.98. The quantitative estimate of drug-likeness (QED) is 0.636. The van der Waals surface area contributed by atoms with Crippen molar-refractivity contribution < 1.29 is 14.7 Å². The SMILES string of the molecule is CCC(NC(=O)[C@H](N)Cc1c[nH]c2ccccc12)C(=O)O. The first-order chi connectivity index (χ1) is 10.0. The van der Waals surface area contributed by atoms with E-state index in [1.54, 1.807) is 6.92 Å². The number of carboxylic acid groups (broad SMARTS) is 1. The van der Waals surface area contributed by atoms with Gasteiger partial charge in [-0.3, -0.25) is 4.79 Å². The molecule has 0 aliphatic rings. The van der Waals surface area contributed by atoms with Crippen molar-refractivity contribution in [2.24, 2.45) is 5.73 Å². The lowest BCUT2D eigenvalue weighted by molar-refractivity contribution is -0.142. The minimum absolute atomic E-state index is 0.320. The van der Waals surface area contributed by atoms with Gasteiger partial charge >= 0.3 is 5.97 Å². The van der Waals surface area contributed by atoms with Gasteiger partial charge < -0.3 is 21.1 Å². The number of nitrogens with one attached hydrogen (secondary N) is 2. The Labute approximate surface area is 122 Å². The van der Waals surface area contributed by atoms with Crippen LogP contribution in [-0.2, 0) is 16.0 Å². The number of carboxylic acids is 1. The molecule has 0 saturated carbocycles. The van der Waals surface area contributed by atoms with Gasteiger partial charge in [-0.15, -0.1) is 0 Å². The number of hydrogen-bond donors (Lipinski definition) is 4. The van der Waals surface area contributed by atoms with Crippen molar-refractivity contribution in [3.63, 3.8) is 0 Å². The Morgan fingerprint density at radius 3 is 2.76 bits per heavy atom. The van der Waals surface area contributed by atoms with Crippen molar-refractivity contribution in [1.82, 2.24) is 10.3 Å². The third-order valence-corrected chi connectivity index (χ3v) is 3.47. The highest BCUT2D eigenvalue weighted by Crippen LogP contribution is 2.18. The molecule has 1 aromatic heterocycles. The van der Waals surface area contributed by atoms with E-state index < -0.39 is 24.0 Å². The molecular formula is C15H19N3O3. The molecule has 0 saturated heterocycles. The first-order valence-corrected chi connectivity index (χ1v) is 6.86. The minimum Gasteiger partial charge on any atom is -0.480 e. The van der Waals surface area contributed by atoms with Crippen LogP contribution in [0.3, 0.4) is 0 Å². The molecule has 0 fully saturated rings. The van der Waals surface area contributed by atoms with E-state index in [1.807, 2.05) is 30.5 Å². The molecule has 1 aromatic carbocycles. The van der Waals surface area contributed by atoms with Gasteiger partial charge in [-0.2, -0.15) is 0 Å². The van der Waals surface area contributed by atoms with Crippen LogP contribution in [0.4, 0.5) is 0 Å². The summed E-state index contributed by atoms with van der Waals surface area (Å²) < 4.78 is 0. The molecule has 5 N–H and O–H groups in total. The second kappa shape index (κ2) is 6.41. The van der Waals surface area contributed by atoms with Crippen LogP contribution in [0.15, 0.2) is 30.5 Å². The summed E-state index contributed by atoms with van der Waals surface area (Å²) in [6.45, 7) is 1.70. The van der Waals surface area contributed by atoms with Gasteiger partial charge in [0.25, 0.3) is 0 Å². The van der Waals surface area contributed by atoms with Gasteiger partial charge in [0.05, 0.1) is 6.04 Å². The van der Waals surface area contributed by atoms with Crippen LogP contribution in [0, 0.1) is 0 Å². The molecule has 2 rings (SSSR count). The van der Waals surface area contributed by atoms with Gasteiger partial charge in [0, 0.05) is 17.1 Å². The molecule has 0 spiro atoms. The van der Waals surface area contributed by atoms with Crippen molar-refractivity contribution in [1.29, 1.82) is 0 Å². The maximum Gasteiger partial charge on any atom is 0.326 e. The first kappa shape index (κ1) is 15.1. The van der Waals surface area contributed by atoms with Crippen LogP contribution in [0.25, 0.3) is 10.9 Å². The molecule has 21 heavy (non-hydrogen) atoms. The van der Waals surface area contributed by atoms with Crippen molar-refractivity contribution in [3.05, 3.63) is 36.0 Å². The average molecular weight is 289 g/mol. The largest absolute Gasteiger partial charge is 0.480 e. The van der Waals surface area contributed by atoms with E-state index in [4.69, 9.17) is 10.8 Å². The average Bonchev–Trinajstić information content (AvgIpc) is 2.87. The molecule has 0 aliphatic heterocycles. The summed E-state index contributed by atoms with van der Waals surface area (Å²) in [5.74, 6) is -1.50. The summed E-state index contributed by atoms with van der Waals surface area (Å²) in [5.41, 5.74) is 7.81. The third kappa shape index (κ3) is 3.41. The first-order valence-electron chi connectivity index (χ1n) is 6.86. The van der Waals surface area contributed by atoms with E-state index >= 15 is 0 Å². The Morgan fingerprint density at radius 1 is 1.38 bits per heavy atom. The van der Waals surface area contributed by atoms with Gasteiger partial charge in [-0.1, -0.05) is 25.1 Å². The fourth-order valence-corrected chi connectivity index (χ4v) is 2.25. The predicted molar refractivity (Wildman–Crippen MR) is 79.8 cm³/mol. The molecule has 1 unspecified atom stereocenters. The molecule has 2 atom stereocenters. The van der Waals surface area contributed by atoms with E-state index in [0.29, 0.717) is 12.8 Å². The summed E-state index contributed by atoms with van der Waals surface area (Å²) in [6.07, 6.45) is 2.50. The van der Waals surface area contributed by atoms with Crippen LogP contribution in [0.2, 0.25) is 0 Å². The number of benzene rings is 1. The summed E-state index contributed by atoms with van der Waals surface area (Å²) in [6, 6.07) is 6.07. The zero-order chi connectivity index (χ0) is 15.4. The monoisotopic (exact) mass is 289 g/mol. The smallest absolute Gasteiger partial charge is 0.326 e. The molecule has 6 heteroatoms. The highest BCUT2D eigenvalue weighted by molar-refractivity contribution is 5.88. The van der Waals surface area contributed by atoms with Crippen molar-refractivity contribution in [3.8, 4) is 0 Å². The summed E-state index contributed by atoms with van der Waals surface area (Å²) >= 11 is 0. The molecule has 0 radical (unpaired) electrons. The predicted octanol–water partition coefficient (Wildman–Crippen LogP) is 1.02. The van der Waals surface area contributed by atoms with E-state index in [0.717, 1.165) is 16.5 Å². The van der Waals surface area contributed by atoms with Gasteiger partial charge in [-0.25, -0.2) is 4.79 Å². The number of hydrogen-bond acceptors (Lipinski definition) is 3. The Morgan fingerprint density at radius 2 is 2.10 bits per heavy atom. The number of carbonyl (C=O) groups excluding carboxylic acids is 1. The zero-order valence-corrected chi connectivity index (χ0v) is 11.8. The number of H-pyrrole nitrogens is 1. The Bertz CT molecular complexity index is 650. The maximum absolute atomic E-state index is 12.0. The summed E-state index contributed by atoms with van der Waals surface area (Å²) in [5, 5.41) is 12.4. The number of aromatic amines is 1. The molecule has 1 amide bonds. The van der Waals surface area contributed by atoms with Crippen molar-refractivity contribution in [2.45, 2.75) is 31.8 Å². The number of nitrogens with two attached hydrogens (primary N) is 1. The van der Waals surface area contributed by atoms with Gasteiger partial charge in [-0.05, 0) is 24.5 Å². The molecule has 2 aromatic rings. The topological polar surface area (TPSA) is 108 Å². The summed E-state index contributed by atoms with van der Waals surface area (Å²) in [4.78, 5) is 26.0. The fourth-order valence-electron chi connectivity index (χ4n) is 2.25. The lowest BCUT2D eigenvalue weighted by Gasteiger charge is -2.16. The number of fused-ring (bicyclic) bond motifs is 1. The van der Waals surface area contributed by atoms with Crippen molar-refractivity contribution in [2.75, 3.05) is 0 Å². The van der Waals surface area contributed by atoms with E-state index in [9.17, 15) is 9.59 Å². The molecule has 1 heterocycles. The van der Waals surface area contributed by atoms with Crippen LogP contribution in [0.5, 0.6) is 0 Å². The second-order valence-corrected chi connectivity index (χ2v) is 4.98. The third-order valence-electron chi connectivity index (χ3n) is 3.47. The number of para-hydroxylation sites is 1. The molecule has 0 aliphatic carbocycles. The van der Waals surface area contributed by atoms with E-state index in [-0.39, 0.29) is 0 Å². The lowest BCUT2D eigenvalue weighted by atomic mass is 10.0. The fraction of sp³-hybridized carbons (Fsp3) is 0.333. The highest BCUT2D eigenvalue weighted by atomic mass is 16.4. The van der Waals surface area contributed by atoms with Crippen LogP contribution < -0.4 is 11.1 Å². The normalized spacial score (nSPS) is 13.8. The van der Waals surface area contributed by atoms with E-state index in [1.165, 1.54) is 0 Å². The van der Waals surface area contributed by atoms with Crippen LogP contribution in [0.1, 0.15) is 18.9 Å². The van der Waals surface area contributed by atoms with E-state index in [2.05, 4.69) is 10.3 Å². The number of carbonyl (C=O) groups is 2. The summed E-state index contributed by atoms with van der Waals surface area (Å²) in [7, 11) is 0. The number of aromatic nitrogens is 1. The standard InChI is InChI=1S/C15H19N3O3/c1-2-12(15(20)21)18-14(19)11(16)7-9-8-17-13-6-4-3-5-10(9)13/h3-6,8,11-12,17H,2,7,16H2,1H3,(H,18,19)(H,20,21)/t11-,12?/m1/s1. The molecular weight excluding hydrogens is 270 g/mol. The highest BCUT2D eigenvalue weighted by Gasteiger charge is 2.22. The Hall–Kier alpha value is -2.34. The van der Waals surface area contributed by atoms with Crippen molar-refractivity contribution >= 4 is 22.8 Å². The van der Waals surface area contributed by atoms with Gasteiger partial charge in [0.2, 0.25) is 5.91 Å². The molecule has 6 nitrogen and oxygen atoms in total. The van der Waals surface area contributed by atoms with Crippen LogP contribution >= 0.6 is 0 Å². The number of rotatable bonds is 6.